The minimum Gasteiger partial charge on any atom is -0.392 e. The van der Waals surface area contributed by atoms with Gasteiger partial charge in [-0.25, -0.2) is 4.39 Å². The number of nitrogens with two attached hydrogens (primary N) is 1. The van der Waals surface area contributed by atoms with Gasteiger partial charge in [0.15, 0.2) is 0 Å². The second-order valence-electron chi connectivity index (χ2n) is 4.77. The number of carbonyl (C=O) groups is 1. The molecule has 0 saturated heterocycles. The van der Waals surface area contributed by atoms with Gasteiger partial charge in [0.2, 0.25) is 5.91 Å². The van der Waals surface area contributed by atoms with Crippen molar-refractivity contribution < 1.29 is 9.18 Å². The third-order valence-electron chi connectivity index (χ3n) is 3.48. The molecule has 1 amide bonds. The highest BCUT2D eigenvalue weighted by Crippen LogP contribution is 2.39. The minimum atomic E-state index is -0.811. The number of hydrogen-bond donors (Lipinski definition) is 2. The number of amides is 1. The Bertz CT molecular complexity index is 509. The van der Waals surface area contributed by atoms with Crippen molar-refractivity contribution in [3.63, 3.8) is 0 Å². The Morgan fingerprint density at radius 3 is 2.53 bits per heavy atom. The molecule has 0 bridgehead atoms. The van der Waals surface area contributed by atoms with E-state index in [2.05, 4.69) is 5.32 Å². The average Bonchev–Trinajstić information content (AvgIpc) is 2.77. The highest BCUT2D eigenvalue weighted by Gasteiger charge is 2.43. The normalized spacial score (nSPS) is 17.2. The molecule has 3 N–H and O–H groups in total. The molecule has 1 aromatic rings. The predicted octanol–water partition coefficient (Wildman–Crippen LogP) is 3.26. The number of hydrogen-bond acceptors (Lipinski definition) is 2. The van der Waals surface area contributed by atoms with E-state index >= 15 is 0 Å². The van der Waals surface area contributed by atoms with Crippen LogP contribution in [0.25, 0.3) is 0 Å². The monoisotopic (exact) mass is 300 g/mol. The first-order chi connectivity index (χ1) is 8.94. The van der Waals surface area contributed by atoms with Gasteiger partial charge in [0.25, 0.3) is 0 Å². The van der Waals surface area contributed by atoms with Crippen LogP contribution in [0.15, 0.2) is 18.2 Å². The molecule has 6 heteroatoms. The first kappa shape index (κ1) is 14.2. The van der Waals surface area contributed by atoms with Crippen LogP contribution in [-0.4, -0.2) is 10.9 Å². The van der Waals surface area contributed by atoms with Crippen LogP contribution in [0.4, 0.5) is 10.1 Å². The number of anilines is 1. The largest absolute Gasteiger partial charge is 0.392 e. The number of thiocarbonyl (C=S) groups is 1. The minimum absolute atomic E-state index is 0.199. The van der Waals surface area contributed by atoms with E-state index in [9.17, 15) is 9.18 Å². The molecule has 1 aliphatic carbocycles. The van der Waals surface area contributed by atoms with E-state index in [1.165, 1.54) is 18.2 Å². The summed E-state index contributed by atoms with van der Waals surface area (Å²) in [6, 6.07) is 3.88. The van der Waals surface area contributed by atoms with Crippen LogP contribution in [0.5, 0.6) is 0 Å². The van der Waals surface area contributed by atoms with Crippen LogP contribution >= 0.6 is 23.8 Å². The first-order valence-corrected chi connectivity index (χ1v) is 6.80. The predicted molar refractivity (Wildman–Crippen MR) is 77.7 cm³/mol. The highest BCUT2D eigenvalue weighted by atomic mass is 35.5. The van der Waals surface area contributed by atoms with Crippen molar-refractivity contribution in [3.8, 4) is 0 Å². The van der Waals surface area contributed by atoms with Gasteiger partial charge in [0.05, 0.1) is 10.4 Å². The molecule has 3 nitrogen and oxygen atoms in total. The average molecular weight is 301 g/mol. The molecule has 0 spiro atoms. The number of nitrogens with one attached hydrogen (secondary N) is 1. The molecule has 2 rings (SSSR count). The third-order valence-corrected chi connectivity index (χ3v) is 4.09. The molecule has 0 unspecified atom stereocenters. The van der Waals surface area contributed by atoms with E-state index in [-0.39, 0.29) is 15.9 Å². The van der Waals surface area contributed by atoms with Crippen LogP contribution in [0.3, 0.4) is 0 Å². The van der Waals surface area contributed by atoms with E-state index in [1.54, 1.807) is 0 Å². The van der Waals surface area contributed by atoms with Gasteiger partial charge < -0.3 is 11.1 Å². The molecular formula is C13H14ClFN2OS. The summed E-state index contributed by atoms with van der Waals surface area (Å²) in [4.78, 5) is 12.6. The van der Waals surface area contributed by atoms with Gasteiger partial charge in [0, 0.05) is 10.7 Å². The summed E-state index contributed by atoms with van der Waals surface area (Å²) in [5, 5.41) is 2.88. The Labute approximate surface area is 121 Å². The second-order valence-corrected chi connectivity index (χ2v) is 5.64. The molecule has 1 aromatic carbocycles. The number of halogens is 2. The molecule has 1 aliphatic rings. The summed E-state index contributed by atoms with van der Waals surface area (Å²) in [6.07, 6.45) is 3.10. The Balaban J connectivity index is 2.22. The molecule has 19 heavy (non-hydrogen) atoms. The van der Waals surface area contributed by atoms with Crippen molar-refractivity contribution in [1.82, 2.24) is 0 Å². The first-order valence-electron chi connectivity index (χ1n) is 6.01. The van der Waals surface area contributed by atoms with Crippen molar-refractivity contribution in [2.75, 3.05) is 5.32 Å². The molecule has 0 heterocycles. The zero-order chi connectivity index (χ0) is 14.0. The van der Waals surface area contributed by atoms with Crippen molar-refractivity contribution in [2.45, 2.75) is 25.7 Å². The maximum atomic E-state index is 13.2. The molecular weight excluding hydrogens is 287 g/mol. The summed E-state index contributed by atoms with van der Waals surface area (Å²) in [7, 11) is 0. The zero-order valence-corrected chi connectivity index (χ0v) is 11.8. The Kier molecular flexibility index (Phi) is 4.06. The fraction of sp³-hybridized carbons (Fsp3) is 0.385. The van der Waals surface area contributed by atoms with E-state index in [4.69, 9.17) is 29.6 Å². The summed E-state index contributed by atoms with van der Waals surface area (Å²) in [5.41, 5.74) is 5.22. The van der Waals surface area contributed by atoms with Crippen molar-refractivity contribution >= 4 is 40.4 Å². The van der Waals surface area contributed by atoms with E-state index < -0.39 is 11.2 Å². The summed E-state index contributed by atoms with van der Waals surface area (Å²) in [6.45, 7) is 0. The van der Waals surface area contributed by atoms with Crippen molar-refractivity contribution in [1.29, 1.82) is 0 Å². The van der Waals surface area contributed by atoms with Crippen LogP contribution < -0.4 is 11.1 Å². The van der Waals surface area contributed by atoms with Gasteiger partial charge in [-0.1, -0.05) is 36.7 Å². The molecule has 102 valence electrons. The van der Waals surface area contributed by atoms with E-state index in [0.29, 0.717) is 18.5 Å². The van der Waals surface area contributed by atoms with Gasteiger partial charge in [0.1, 0.15) is 5.82 Å². The zero-order valence-electron chi connectivity index (χ0n) is 10.2. The van der Waals surface area contributed by atoms with Crippen molar-refractivity contribution in [2.24, 2.45) is 11.1 Å². The SMILES string of the molecule is NC(=S)C1(C(=O)Nc2cc(F)cc(Cl)c2)CCCC1. The van der Waals surface area contributed by atoms with Gasteiger partial charge in [-0.3, -0.25) is 4.79 Å². The van der Waals surface area contributed by atoms with Crippen LogP contribution in [0, 0.1) is 11.2 Å². The van der Waals surface area contributed by atoms with Crippen LogP contribution in [-0.2, 0) is 4.79 Å². The molecule has 0 aliphatic heterocycles. The Morgan fingerprint density at radius 1 is 1.37 bits per heavy atom. The van der Waals surface area contributed by atoms with E-state index in [1.807, 2.05) is 0 Å². The van der Waals surface area contributed by atoms with Gasteiger partial charge in [-0.05, 0) is 31.0 Å². The summed E-state index contributed by atoms with van der Waals surface area (Å²) < 4.78 is 13.2. The molecule has 1 saturated carbocycles. The quantitative estimate of drug-likeness (QED) is 0.842. The smallest absolute Gasteiger partial charge is 0.237 e. The fourth-order valence-electron chi connectivity index (χ4n) is 2.44. The lowest BCUT2D eigenvalue weighted by atomic mass is 9.85. The summed E-state index contributed by atoms with van der Waals surface area (Å²) >= 11 is 10.8. The molecule has 0 aromatic heterocycles. The lowest BCUT2D eigenvalue weighted by Crippen LogP contribution is -2.43. The fourth-order valence-corrected chi connectivity index (χ4v) is 2.96. The van der Waals surface area contributed by atoms with Gasteiger partial charge in [-0.15, -0.1) is 0 Å². The topological polar surface area (TPSA) is 55.1 Å². The van der Waals surface area contributed by atoms with E-state index in [0.717, 1.165) is 12.8 Å². The number of rotatable bonds is 3. The van der Waals surface area contributed by atoms with Crippen molar-refractivity contribution in [3.05, 3.63) is 29.0 Å². The maximum absolute atomic E-state index is 13.2. The Hall–Kier alpha value is -1.20. The number of benzene rings is 1. The lowest BCUT2D eigenvalue weighted by Gasteiger charge is -2.26. The number of carbonyl (C=O) groups excluding carboxylic acids is 1. The molecule has 0 radical (unpaired) electrons. The lowest BCUT2D eigenvalue weighted by molar-refractivity contribution is -0.122. The highest BCUT2D eigenvalue weighted by molar-refractivity contribution is 7.80. The van der Waals surface area contributed by atoms with Gasteiger partial charge >= 0.3 is 0 Å². The summed E-state index contributed by atoms with van der Waals surface area (Å²) in [5.74, 6) is -0.780. The second kappa shape index (κ2) is 5.43. The standard InChI is InChI=1S/C13H14ClFN2OS/c14-8-5-9(15)7-10(6-8)17-12(18)13(11(16)19)3-1-2-4-13/h5-7H,1-4H2,(H2,16,19)(H,17,18). The van der Waals surface area contributed by atoms with Crippen LogP contribution in [0.2, 0.25) is 5.02 Å². The molecule has 1 fully saturated rings. The molecule has 0 atom stereocenters. The third kappa shape index (κ3) is 2.87. The van der Waals surface area contributed by atoms with Gasteiger partial charge in [-0.2, -0.15) is 0 Å². The Morgan fingerprint density at radius 2 is 2.00 bits per heavy atom. The van der Waals surface area contributed by atoms with Crippen LogP contribution in [0.1, 0.15) is 25.7 Å². The maximum Gasteiger partial charge on any atom is 0.237 e.